The Balaban J connectivity index is 1.68. The van der Waals surface area contributed by atoms with Gasteiger partial charge in [-0.2, -0.15) is 0 Å². The van der Waals surface area contributed by atoms with E-state index >= 15 is 0 Å². The molecule has 1 N–H and O–H groups in total. The summed E-state index contributed by atoms with van der Waals surface area (Å²) in [6.45, 7) is 4.80. The van der Waals surface area contributed by atoms with Crippen LogP contribution >= 0.6 is 0 Å². The summed E-state index contributed by atoms with van der Waals surface area (Å²) in [4.78, 5) is 21.4. The maximum Gasteiger partial charge on any atom is 0.407 e. The van der Waals surface area contributed by atoms with Crippen molar-refractivity contribution in [1.29, 1.82) is 0 Å². The summed E-state index contributed by atoms with van der Waals surface area (Å²) >= 11 is 0. The van der Waals surface area contributed by atoms with E-state index in [0.717, 1.165) is 37.7 Å². The largest absolute Gasteiger partial charge is 0.465 e. The molecule has 2 fully saturated rings. The Morgan fingerprint density at radius 2 is 1.75 bits per heavy atom. The Morgan fingerprint density at radius 3 is 2.40 bits per heavy atom. The number of aromatic nitrogens is 1. The normalized spacial score (nSPS) is 19.5. The van der Waals surface area contributed by atoms with Crippen molar-refractivity contribution in [3.8, 4) is 0 Å². The van der Waals surface area contributed by atoms with Gasteiger partial charge in [0.1, 0.15) is 5.82 Å². The number of hydrogen-bond donors (Lipinski definition) is 1. The Morgan fingerprint density at radius 1 is 1.05 bits per heavy atom. The van der Waals surface area contributed by atoms with Crippen molar-refractivity contribution < 1.29 is 9.90 Å². The van der Waals surface area contributed by atoms with Crippen LogP contribution in [0.1, 0.15) is 12.8 Å². The van der Waals surface area contributed by atoms with E-state index < -0.39 is 6.09 Å². The molecule has 2 aliphatic heterocycles. The minimum absolute atomic E-state index is 0.566. The lowest BCUT2D eigenvalue weighted by molar-refractivity contribution is 0.142. The average molecular weight is 276 g/mol. The van der Waals surface area contributed by atoms with E-state index in [-0.39, 0.29) is 0 Å². The summed E-state index contributed by atoms with van der Waals surface area (Å²) < 4.78 is 0. The highest BCUT2D eigenvalue weighted by Gasteiger charge is 2.21. The number of carbonyl (C=O) groups is 1. The zero-order chi connectivity index (χ0) is 13.9. The van der Waals surface area contributed by atoms with Crippen LogP contribution in [0.2, 0.25) is 0 Å². The molecule has 2 saturated heterocycles. The molecular formula is C14H20N4O2. The van der Waals surface area contributed by atoms with E-state index in [1.807, 2.05) is 12.3 Å². The predicted molar refractivity (Wildman–Crippen MR) is 77.5 cm³/mol. The third-order valence-electron chi connectivity index (χ3n) is 4.07. The number of anilines is 2. The van der Waals surface area contributed by atoms with Crippen molar-refractivity contribution in [2.75, 3.05) is 49.1 Å². The van der Waals surface area contributed by atoms with Crippen molar-refractivity contribution in [3.63, 3.8) is 0 Å². The molecular weight excluding hydrogens is 256 g/mol. The van der Waals surface area contributed by atoms with Crippen molar-refractivity contribution in [2.24, 2.45) is 0 Å². The number of pyridine rings is 1. The first-order valence-corrected chi connectivity index (χ1v) is 7.18. The summed E-state index contributed by atoms with van der Waals surface area (Å²) in [5, 5.41) is 8.97. The molecule has 108 valence electrons. The van der Waals surface area contributed by atoms with Crippen molar-refractivity contribution in [2.45, 2.75) is 12.8 Å². The quantitative estimate of drug-likeness (QED) is 0.886. The first kappa shape index (κ1) is 13.0. The van der Waals surface area contributed by atoms with Gasteiger partial charge in [0, 0.05) is 57.2 Å². The fraction of sp³-hybridized carbons (Fsp3) is 0.571. The Bertz CT molecular complexity index is 480. The van der Waals surface area contributed by atoms with Crippen LogP contribution in [-0.2, 0) is 0 Å². The van der Waals surface area contributed by atoms with Gasteiger partial charge in [-0.3, -0.25) is 0 Å². The molecule has 2 aliphatic rings. The van der Waals surface area contributed by atoms with Crippen molar-refractivity contribution in [3.05, 3.63) is 18.3 Å². The maximum absolute atomic E-state index is 10.9. The van der Waals surface area contributed by atoms with Crippen molar-refractivity contribution >= 4 is 17.6 Å². The van der Waals surface area contributed by atoms with Gasteiger partial charge in [0.05, 0.1) is 0 Å². The molecule has 0 saturated carbocycles. The van der Waals surface area contributed by atoms with Crippen LogP contribution in [0, 0.1) is 0 Å². The fourth-order valence-electron chi connectivity index (χ4n) is 2.88. The summed E-state index contributed by atoms with van der Waals surface area (Å²) in [5.74, 6) is 1.04. The fourth-order valence-corrected chi connectivity index (χ4v) is 2.88. The highest BCUT2D eigenvalue weighted by Crippen LogP contribution is 2.23. The molecule has 0 radical (unpaired) electrons. The number of nitrogens with zero attached hydrogens (tertiary/aromatic N) is 4. The van der Waals surface area contributed by atoms with E-state index in [2.05, 4.69) is 20.9 Å². The van der Waals surface area contributed by atoms with Gasteiger partial charge in [0.15, 0.2) is 0 Å². The highest BCUT2D eigenvalue weighted by atomic mass is 16.4. The minimum atomic E-state index is -0.822. The number of piperazine rings is 1. The lowest BCUT2D eigenvalue weighted by atomic mass is 10.2. The second kappa shape index (κ2) is 5.56. The SMILES string of the molecule is O=C(O)N1CCN(c2ccnc(N3CCCC3)c2)CC1. The van der Waals surface area contributed by atoms with E-state index in [4.69, 9.17) is 5.11 Å². The molecule has 1 amide bonds. The first-order valence-electron chi connectivity index (χ1n) is 7.18. The topological polar surface area (TPSA) is 59.9 Å². The van der Waals surface area contributed by atoms with Crippen LogP contribution in [0.25, 0.3) is 0 Å². The van der Waals surface area contributed by atoms with Gasteiger partial charge in [-0.15, -0.1) is 0 Å². The zero-order valence-corrected chi connectivity index (χ0v) is 11.5. The summed E-state index contributed by atoms with van der Waals surface area (Å²) in [6.07, 6.45) is 3.51. The van der Waals surface area contributed by atoms with Crippen molar-refractivity contribution in [1.82, 2.24) is 9.88 Å². The molecule has 6 nitrogen and oxygen atoms in total. The molecule has 0 aromatic carbocycles. The number of carboxylic acid groups (broad SMARTS) is 1. The van der Waals surface area contributed by atoms with Gasteiger partial charge in [-0.05, 0) is 18.9 Å². The molecule has 6 heteroatoms. The minimum Gasteiger partial charge on any atom is -0.465 e. The lowest BCUT2D eigenvalue weighted by Gasteiger charge is -2.34. The molecule has 20 heavy (non-hydrogen) atoms. The Hall–Kier alpha value is -1.98. The van der Waals surface area contributed by atoms with Gasteiger partial charge < -0.3 is 19.8 Å². The highest BCUT2D eigenvalue weighted by molar-refractivity contribution is 5.65. The Labute approximate surface area is 118 Å². The maximum atomic E-state index is 10.9. The average Bonchev–Trinajstić information content (AvgIpc) is 3.02. The zero-order valence-electron chi connectivity index (χ0n) is 11.5. The van der Waals surface area contributed by atoms with Crippen LogP contribution in [0.3, 0.4) is 0 Å². The van der Waals surface area contributed by atoms with Crippen LogP contribution in [-0.4, -0.2) is 60.4 Å². The Kier molecular flexibility index (Phi) is 3.62. The van der Waals surface area contributed by atoms with E-state index in [1.165, 1.54) is 17.7 Å². The molecule has 0 spiro atoms. The number of rotatable bonds is 2. The molecule has 0 atom stereocenters. The van der Waals surface area contributed by atoms with Gasteiger partial charge in [0.25, 0.3) is 0 Å². The number of hydrogen-bond acceptors (Lipinski definition) is 4. The molecule has 3 heterocycles. The number of amides is 1. The predicted octanol–water partition coefficient (Wildman–Crippen LogP) is 1.48. The first-order chi connectivity index (χ1) is 9.74. The standard InChI is InChI=1S/C14H20N4O2/c19-14(20)18-9-7-16(8-10-18)12-3-4-15-13(11-12)17-5-1-2-6-17/h3-4,11H,1-2,5-10H2,(H,19,20). The lowest BCUT2D eigenvalue weighted by Crippen LogP contribution is -2.48. The molecule has 1 aromatic heterocycles. The molecule has 0 bridgehead atoms. The summed E-state index contributed by atoms with van der Waals surface area (Å²) in [5.41, 5.74) is 1.15. The van der Waals surface area contributed by atoms with Gasteiger partial charge in [-0.1, -0.05) is 0 Å². The van der Waals surface area contributed by atoms with Crippen LogP contribution in [0.4, 0.5) is 16.3 Å². The second-order valence-corrected chi connectivity index (χ2v) is 5.32. The summed E-state index contributed by atoms with van der Waals surface area (Å²) in [6, 6.07) is 4.14. The molecule has 3 rings (SSSR count). The van der Waals surface area contributed by atoms with E-state index in [9.17, 15) is 4.79 Å². The molecule has 0 aliphatic carbocycles. The van der Waals surface area contributed by atoms with E-state index in [1.54, 1.807) is 0 Å². The second-order valence-electron chi connectivity index (χ2n) is 5.32. The van der Waals surface area contributed by atoms with Gasteiger partial charge in [0.2, 0.25) is 0 Å². The van der Waals surface area contributed by atoms with Gasteiger partial charge >= 0.3 is 6.09 Å². The molecule has 1 aromatic rings. The van der Waals surface area contributed by atoms with Gasteiger partial charge in [-0.25, -0.2) is 9.78 Å². The third kappa shape index (κ3) is 2.64. The van der Waals surface area contributed by atoms with Crippen LogP contribution in [0.15, 0.2) is 18.3 Å². The van der Waals surface area contributed by atoms with Crippen LogP contribution < -0.4 is 9.80 Å². The molecule has 0 unspecified atom stereocenters. The van der Waals surface area contributed by atoms with E-state index in [0.29, 0.717) is 13.1 Å². The third-order valence-corrected chi connectivity index (χ3v) is 4.07. The summed E-state index contributed by atoms with van der Waals surface area (Å²) in [7, 11) is 0. The van der Waals surface area contributed by atoms with Crippen LogP contribution in [0.5, 0.6) is 0 Å². The smallest absolute Gasteiger partial charge is 0.407 e. The monoisotopic (exact) mass is 276 g/mol.